The summed E-state index contributed by atoms with van der Waals surface area (Å²) in [6, 6.07) is 14.4. The fraction of sp³-hybridized carbons (Fsp3) is 0.273. The zero-order valence-corrected chi connectivity index (χ0v) is 29.9. The zero-order valence-electron chi connectivity index (χ0n) is 29.9. The molecule has 0 unspecified atom stereocenters. The van der Waals surface area contributed by atoms with E-state index < -0.39 is 35.9 Å². The van der Waals surface area contributed by atoms with Gasteiger partial charge in [0.25, 0.3) is 0 Å². The van der Waals surface area contributed by atoms with Crippen molar-refractivity contribution >= 4 is 12.2 Å². The van der Waals surface area contributed by atoms with Gasteiger partial charge in [0, 0.05) is 11.1 Å². The lowest BCUT2D eigenvalue weighted by atomic mass is 9.89. The number of aryl methyl sites for hydroxylation is 2. The van der Waals surface area contributed by atoms with Gasteiger partial charge in [-0.25, -0.2) is 13.2 Å². The van der Waals surface area contributed by atoms with Crippen LogP contribution in [0.1, 0.15) is 96.9 Å². The first-order chi connectivity index (χ1) is 26.1. The first-order valence-corrected chi connectivity index (χ1v) is 17.6. The molecule has 2 aliphatic rings. The number of alkyl halides is 6. The van der Waals surface area contributed by atoms with Gasteiger partial charge in [0.1, 0.15) is 17.4 Å². The molecule has 0 atom stereocenters. The summed E-state index contributed by atoms with van der Waals surface area (Å²) in [6.07, 6.45) is 2.03. The molecule has 4 aromatic carbocycles. The summed E-state index contributed by atoms with van der Waals surface area (Å²) >= 11 is 0. The summed E-state index contributed by atoms with van der Waals surface area (Å²) in [7, 11) is 0. The minimum absolute atomic E-state index is 0.120. The lowest BCUT2D eigenvalue weighted by Crippen LogP contribution is -2.17. The third kappa shape index (κ3) is 12.0. The second kappa shape index (κ2) is 17.7. The topological polar surface area (TPSA) is 18.5 Å². The van der Waals surface area contributed by atoms with Crippen LogP contribution in [-0.4, -0.2) is 12.7 Å². The van der Waals surface area contributed by atoms with Crippen LogP contribution in [0.3, 0.4) is 0 Å². The van der Waals surface area contributed by atoms with Crippen molar-refractivity contribution in [2.45, 2.75) is 77.9 Å². The molecule has 0 N–H and O–H groups in total. The maximum Gasteiger partial charge on any atom is 0.573 e. The van der Waals surface area contributed by atoms with Gasteiger partial charge in [-0.15, -0.1) is 26.3 Å². The Hall–Kier alpha value is -5.55. The lowest BCUT2D eigenvalue weighted by Gasteiger charge is -2.16. The normalized spacial score (nSPS) is 13.3. The maximum atomic E-state index is 14.4. The number of benzene rings is 4. The Balaban J connectivity index is 0.000000211. The molecule has 0 heterocycles. The minimum Gasteiger partial charge on any atom is -0.406 e. The van der Waals surface area contributed by atoms with Crippen LogP contribution in [0.25, 0.3) is 12.2 Å². The smallest absolute Gasteiger partial charge is 0.406 e. The Labute approximate surface area is 313 Å². The van der Waals surface area contributed by atoms with Crippen molar-refractivity contribution in [1.82, 2.24) is 0 Å². The van der Waals surface area contributed by atoms with Gasteiger partial charge in [0.15, 0.2) is 11.6 Å². The monoisotopic (exact) mass is 766 g/mol. The highest BCUT2D eigenvalue weighted by Gasteiger charge is 2.32. The highest BCUT2D eigenvalue weighted by molar-refractivity contribution is 5.63. The predicted octanol–water partition coefficient (Wildman–Crippen LogP) is 12.6. The van der Waals surface area contributed by atoms with E-state index in [2.05, 4.69) is 53.1 Å². The van der Waals surface area contributed by atoms with E-state index in [0.29, 0.717) is 5.56 Å². The van der Waals surface area contributed by atoms with Gasteiger partial charge in [0.2, 0.25) is 0 Å². The number of rotatable bonds is 6. The van der Waals surface area contributed by atoms with Gasteiger partial charge in [-0.05, 0) is 128 Å². The Morgan fingerprint density at radius 3 is 1.45 bits per heavy atom. The summed E-state index contributed by atoms with van der Waals surface area (Å²) in [5.41, 5.74) is 7.49. The van der Waals surface area contributed by atoms with Crippen LogP contribution < -0.4 is 9.47 Å². The average molecular weight is 767 g/mol. The molecule has 0 saturated heterocycles. The van der Waals surface area contributed by atoms with Gasteiger partial charge in [0.05, 0.1) is 11.1 Å². The zero-order chi connectivity index (χ0) is 39.8. The largest absolute Gasteiger partial charge is 0.573 e. The van der Waals surface area contributed by atoms with Crippen molar-refractivity contribution in [2.24, 2.45) is 0 Å². The third-order valence-corrected chi connectivity index (χ3v) is 8.68. The van der Waals surface area contributed by atoms with E-state index in [1.165, 1.54) is 53.6 Å². The molecule has 0 saturated carbocycles. The van der Waals surface area contributed by atoms with Crippen molar-refractivity contribution in [3.63, 3.8) is 0 Å². The quantitative estimate of drug-likeness (QED) is 0.144. The summed E-state index contributed by atoms with van der Waals surface area (Å²) in [5.74, 6) is 7.45. The highest BCUT2D eigenvalue weighted by Crippen LogP contribution is 2.31. The maximum absolute atomic E-state index is 14.4. The molecule has 11 heteroatoms. The Morgan fingerprint density at radius 1 is 0.527 bits per heavy atom. The molecule has 0 bridgehead atoms. The Morgan fingerprint density at radius 2 is 1.00 bits per heavy atom. The molecular formula is C44H35F9O2. The van der Waals surface area contributed by atoms with E-state index in [9.17, 15) is 39.5 Å². The van der Waals surface area contributed by atoms with Gasteiger partial charge in [-0.3, -0.25) is 0 Å². The molecule has 0 aromatic heterocycles. The second-order valence-electron chi connectivity index (χ2n) is 12.9. The van der Waals surface area contributed by atoms with Crippen LogP contribution in [0, 0.1) is 41.1 Å². The first-order valence-electron chi connectivity index (χ1n) is 17.6. The number of fused-ring (bicyclic) bond motifs is 2. The van der Waals surface area contributed by atoms with Crippen LogP contribution in [0.4, 0.5) is 39.5 Å². The average Bonchev–Trinajstić information content (AvgIpc) is 3.11. The highest BCUT2D eigenvalue weighted by atomic mass is 19.4. The summed E-state index contributed by atoms with van der Waals surface area (Å²) in [6.45, 7) is 4.22. The summed E-state index contributed by atoms with van der Waals surface area (Å²) < 4.78 is 123. The van der Waals surface area contributed by atoms with Gasteiger partial charge < -0.3 is 9.47 Å². The molecule has 0 amide bonds. The number of allylic oxidation sites excluding steroid dienone is 2. The molecule has 0 aliphatic heterocycles. The van der Waals surface area contributed by atoms with Crippen molar-refractivity contribution in [2.75, 3.05) is 0 Å². The third-order valence-electron chi connectivity index (χ3n) is 8.68. The lowest BCUT2D eigenvalue weighted by molar-refractivity contribution is -0.276. The van der Waals surface area contributed by atoms with Crippen LogP contribution in [-0.2, 0) is 12.8 Å². The van der Waals surface area contributed by atoms with E-state index in [1.54, 1.807) is 12.1 Å². The van der Waals surface area contributed by atoms with Crippen LogP contribution in [0.2, 0.25) is 0 Å². The number of hydrogen-bond donors (Lipinski definition) is 0. The molecule has 0 spiro atoms. The first kappa shape index (κ1) is 40.6. The SMILES string of the molecule is CCCC1=Cc2cc(F)c(C#Cc3ccc(OC(F)(F)F)c(F)c3)cc2CC1.CCCC1=Cc2cc(F)c(C#Cc3ccc(OC(F)(F)F)cc3)cc2CC1. The van der Waals surface area contributed by atoms with Crippen molar-refractivity contribution < 1.29 is 49.0 Å². The standard InChI is InChI=1S/C22H17F5O.C22H18F4O/c1-2-3-14-4-7-16-12-17(19(23)13-18(16)10-14)8-5-15-6-9-21(20(24)11-15)28-22(25,26)27;1-2-3-16-5-8-17-13-18(21(23)14-19(17)12-16)9-4-15-6-10-20(11-7-15)27-22(24,25)26/h6,9-13H,2-4,7H2,1H3;6-7,10-14H,2-3,5,8H2,1H3. The molecule has 286 valence electrons. The van der Waals surface area contributed by atoms with E-state index >= 15 is 0 Å². The van der Waals surface area contributed by atoms with Crippen LogP contribution in [0.5, 0.6) is 11.5 Å². The van der Waals surface area contributed by atoms with Gasteiger partial charge in [-0.1, -0.05) is 73.7 Å². The van der Waals surface area contributed by atoms with Crippen LogP contribution >= 0.6 is 0 Å². The molecule has 55 heavy (non-hydrogen) atoms. The molecule has 4 aromatic rings. The summed E-state index contributed by atoms with van der Waals surface area (Å²) in [4.78, 5) is 0. The van der Waals surface area contributed by atoms with E-state index in [1.807, 2.05) is 6.08 Å². The van der Waals surface area contributed by atoms with Crippen molar-refractivity contribution in [3.8, 4) is 35.2 Å². The second-order valence-corrected chi connectivity index (χ2v) is 12.9. The van der Waals surface area contributed by atoms with E-state index in [0.717, 1.165) is 85.8 Å². The number of hydrogen-bond acceptors (Lipinski definition) is 2. The molecule has 0 radical (unpaired) electrons. The van der Waals surface area contributed by atoms with Crippen molar-refractivity contribution in [1.29, 1.82) is 0 Å². The molecule has 0 fully saturated rings. The van der Waals surface area contributed by atoms with Gasteiger partial charge >= 0.3 is 12.7 Å². The fourth-order valence-corrected chi connectivity index (χ4v) is 6.18. The van der Waals surface area contributed by atoms with E-state index in [-0.39, 0.29) is 22.4 Å². The molecule has 2 nitrogen and oxygen atoms in total. The minimum atomic E-state index is -4.98. The molecule has 2 aliphatic carbocycles. The fourth-order valence-electron chi connectivity index (χ4n) is 6.18. The van der Waals surface area contributed by atoms with E-state index in [4.69, 9.17) is 0 Å². The van der Waals surface area contributed by atoms with Crippen molar-refractivity contribution in [3.05, 3.63) is 140 Å². The summed E-state index contributed by atoms with van der Waals surface area (Å²) in [5, 5.41) is 0. The number of ether oxygens (including phenoxy) is 2. The van der Waals surface area contributed by atoms with Gasteiger partial charge in [-0.2, -0.15) is 0 Å². The molecule has 6 rings (SSSR count). The van der Waals surface area contributed by atoms with Crippen LogP contribution in [0.15, 0.2) is 77.9 Å². The molecular weight excluding hydrogens is 731 g/mol. The Kier molecular flexibility index (Phi) is 13.1. The Bertz CT molecular complexity index is 2210. The number of halogens is 9. The predicted molar refractivity (Wildman–Crippen MR) is 193 cm³/mol.